The van der Waals surface area contributed by atoms with Crippen LogP contribution in [0.4, 0.5) is 4.39 Å². The van der Waals surface area contributed by atoms with Crippen LogP contribution in [0.2, 0.25) is 0 Å². The first-order valence-corrected chi connectivity index (χ1v) is 5.07. The zero-order valence-electron chi connectivity index (χ0n) is 7.65. The quantitative estimate of drug-likeness (QED) is 0.913. The molecule has 5 heteroatoms. The number of rotatable bonds is 2. The van der Waals surface area contributed by atoms with Crippen LogP contribution in [0.25, 0.3) is 0 Å². The monoisotopic (exact) mass is 270 g/mol. The second-order valence-corrected chi connectivity index (χ2v) is 3.87. The van der Waals surface area contributed by atoms with E-state index in [9.17, 15) is 4.39 Å². The van der Waals surface area contributed by atoms with Crippen molar-refractivity contribution in [3.63, 3.8) is 0 Å². The molecular weight excluding hydrogens is 263 g/mol. The molecule has 15 heavy (non-hydrogen) atoms. The van der Waals surface area contributed by atoms with Crippen LogP contribution >= 0.6 is 15.9 Å². The molecule has 0 aliphatic rings. The lowest BCUT2D eigenvalue weighted by atomic mass is 10.1. The number of halogens is 2. The van der Waals surface area contributed by atoms with Crippen LogP contribution < -0.4 is 5.73 Å². The van der Waals surface area contributed by atoms with Gasteiger partial charge >= 0.3 is 0 Å². The highest BCUT2D eigenvalue weighted by Gasteiger charge is 2.16. The van der Waals surface area contributed by atoms with Gasteiger partial charge in [0.05, 0.1) is 22.6 Å². The van der Waals surface area contributed by atoms with Crippen molar-refractivity contribution in [1.29, 1.82) is 0 Å². The van der Waals surface area contributed by atoms with Gasteiger partial charge in [-0.2, -0.15) is 0 Å². The summed E-state index contributed by atoms with van der Waals surface area (Å²) < 4.78 is 18.6. The van der Waals surface area contributed by atoms with Gasteiger partial charge in [-0.3, -0.25) is 4.98 Å². The lowest BCUT2D eigenvalue weighted by Crippen LogP contribution is -2.13. The third-order valence-corrected chi connectivity index (χ3v) is 2.65. The first kappa shape index (κ1) is 10.3. The molecule has 1 atom stereocenters. The average molecular weight is 271 g/mol. The van der Waals surface area contributed by atoms with Crippen LogP contribution in [0.3, 0.4) is 0 Å². The average Bonchev–Trinajstić information content (AvgIpc) is 2.65. The fourth-order valence-corrected chi connectivity index (χ4v) is 1.68. The Labute approximate surface area is 94.2 Å². The van der Waals surface area contributed by atoms with Crippen LogP contribution in [0, 0.1) is 5.82 Å². The minimum absolute atomic E-state index is 0.385. The molecular formula is C10H8BrFN2O. The van der Waals surface area contributed by atoms with Crippen molar-refractivity contribution in [2.45, 2.75) is 6.04 Å². The predicted molar refractivity (Wildman–Crippen MR) is 56.6 cm³/mol. The second kappa shape index (κ2) is 4.12. The van der Waals surface area contributed by atoms with E-state index in [0.29, 0.717) is 11.5 Å². The molecule has 2 heterocycles. The molecule has 2 aromatic rings. The maximum Gasteiger partial charge on any atom is 0.141 e. The zero-order valence-corrected chi connectivity index (χ0v) is 9.24. The van der Waals surface area contributed by atoms with Gasteiger partial charge in [0.15, 0.2) is 0 Å². The number of furan rings is 1. The third-order valence-electron chi connectivity index (χ3n) is 2.00. The van der Waals surface area contributed by atoms with Gasteiger partial charge in [0, 0.05) is 0 Å². The molecule has 0 aliphatic carbocycles. The highest BCUT2D eigenvalue weighted by Crippen LogP contribution is 2.26. The van der Waals surface area contributed by atoms with Crippen LogP contribution in [0.15, 0.2) is 39.5 Å². The Morgan fingerprint density at radius 2 is 2.20 bits per heavy atom. The van der Waals surface area contributed by atoms with Crippen LogP contribution in [-0.4, -0.2) is 4.98 Å². The Balaban J connectivity index is 2.32. The lowest BCUT2D eigenvalue weighted by Gasteiger charge is -2.08. The molecule has 0 aromatic carbocycles. The zero-order chi connectivity index (χ0) is 10.8. The summed E-state index contributed by atoms with van der Waals surface area (Å²) in [6.07, 6.45) is 2.66. The highest BCUT2D eigenvalue weighted by atomic mass is 79.9. The van der Waals surface area contributed by atoms with Gasteiger partial charge < -0.3 is 10.2 Å². The molecule has 0 amide bonds. The fourth-order valence-electron chi connectivity index (χ4n) is 1.23. The third kappa shape index (κ3) is 2.08. The minimum atomic E-state index is -0.491. The molecule has 0 saturated heterocycles. The molecule has 2 N–H and O–H groups in total. The highest BCUT2D eigenvalue weighted by molar-refractivity contribution is 9.10. The molecule has 2 aromatic heterocycles. The molecule has 78 valence electrons. The van der Waals surface area contributed by atoms with E-state index in [1.165, 1.54) is 18.4 Å². The largest absolute Gasteiger partial charge is 0.466 e. The summed E-state index contributed by atoms with van der Waals surface area (Å²) in [7, 11) is 0. The Kier molecular flexibility index (Phi) is 2.83. The fraction of sp³-hybridized carbons (Fsp3) is 0.100. The molecule has 3 nitrogen and oxygen atoms in total. The second-order valence-electron chi connectivity index (χ2n) is 3.01. The topological polar surface area (TPSA) is 52.0 Å². The van der Waals surface area contributed by atoms with Gasteiger partial charge in [0.1, 0.15) is 17.6 Å². The van der Waals surface area contributed by atoms with E-state index in [-0.39, 0.29) is 5.82 Å². The SMILES string of the molecule is NC(c1ccc(F)cn1)c1occc1Br. The molecule has 2 rings (SSSR count). The number of hydrogen-bond acceptors (Lipinski definition) is 3. The number of nitrogens with zero attached hydrogens (tertiary/aromatic N) is 1. The summed E-state index contributed by atoms with van der Waals surface area (Å²) in [6.45, 7) is 0. The van der Waals surface area contributed by atoms with Crippen molar-refractivity contribution < 1.29 is 8.81 Å². The summed E-state index contributed by atoms with van der Waals surface area (Å²) in [5, 5.41) is 0. The van der Waals surface area contributed by atoms with E-state index in [0.717, 1.165) is 10.7 Å². The summed E-state index contributed by atoms with van der Waals surface area (Å²) >= 11 is 3.30. The Bertz CT molecular complexity index is 455. The van der Waals surface area contributed by atoms with Gasteiger partial charge in [-0.25, -0.2) is 4.39 Å². The molecule has 0 bridgehead atoms. The number of pyridine rings is 1. The summed E-state index contributed by atoms with van der Waals surface area (Å²) in [5.41, 5.74) is 6.47. The Morgan fingerprint density at radius 1 is 1.40 bits per heavy atom. The summed E-state index contributed by atoms with van der Waals surface area (Å²) in [6, 6.07) is 4.11. The summed E-state index contributed by atoms with van der Waals surface area (Å²) in [4.78, 5) is 3.89. The minimum Gasteiger partial charge on any atom is -0.466 e. The van der Waals surface area contributed by atoms with Gasteiger partial charge in [-0.15, -0.1) is 0 Å². The van der Waals surface area contributed by atoms with Crippen molar-refractivity contribution in [2.75, 3.05) is 0 Å². The van der Waals surface area contributed by atoms with E-state index in [4.69, 9.17) is 10.2 Å². The standard InChI is InChI=1S/C10H8BrFN2O/c11-7-3-4-15-10(7)9(13)8-2-1-6(12)5-14-8/h1-5,9H,13H2. The molecule has 0 saturated carbocycles. The van der Waals surface area contributed by atoms with E-state index < -0.39 is 6.04 Å². The number of hydrogen-bond donors (Lipinski definition) is 1. The molecule has 0 radical (unpaired) electrons. The van der Waals surface area contributed by atoms with Crippen molar-refractivity contribution in [1.82, 2.24) is 4.98 Å². The first-order chi connectivity index (χ1) is 7.18. The first-order valence-electron chi connectivity index (χ1n) is 4.28. The van der Waals surface area contributed by atoms with Crippen LogP contribution in [0.5, 0.6) is 0 Å². The number of nitrogens with two attached hydrogens (primary N) is 1. The van der Waals surface area contributed by atoms with Crippen molar-refractivity contribution in [3.05, 3.63) is 52.4 Å². The van der Waals surface area contributed by atoms with Gasteiger partial charge in [0.25, 0.3) is 0 Å². The van der Waals surface area contributed by atoms with Gasteiger partial charge in [-0.1, -0.05) is 0 Å². The van der Waals surface area contributed by atoms with E-state index in [1.807, 2.05) is 0 Å². The Morgan fingerprint density at radius 3 is 2.73 bits per heavy atom. The molecule has 1 unspecified atom stereocenters. The number of aromatic nitrogens is 1. The van der Waals surface area contributed by atoms with Gasteiger partial charge in [-0.05, 0) is 34.1 Å². The van der Waals surface area contributed by atoms with Crippen molar-refractivity contribution in [2.24, 2.45) is 5.73 Å². The van der Waals surface area contributed by atoms with E-state index in [1.54, 1.807) is 6.07 Å². The van der Waals surface area contributed by atoms with E-state index in [2.05, 4.69) is 20.9 Å². The van der Waals surface area contributed by atoms with Crippen LogP contribution in [-0.2, 0) is 0 Å². The maximum atomic E-state index is 12.6. The van der Waals surface area contributed by atoms with Crippen LogP contribution in [0.1, 0.15) is 17.5 Å². The normalized spacial score (nSPS) is 12.7. The smallest absolute Gasteiger partial charge is 0.141 e. The van der Waals surface area contributed by atoms with E-state index >= 15 is 0 Å². The van der Waals surface area contributed by atoms with Gasteiger partial charge in [0.2, 0.25) is 0 Å². The summed E-state index contributed by atoms with van der Waals surface area (Å²) in [5.74, 6) is 0.193. The molecule has 0 spiro atoms. The Hall–Kier alpha value is -1.20. The van der Waals surface area contributed by atoms with Crippen molar-refractivity contribution >= 4 is 15.9 Å². The predicted octanol–water partition coefficient (Wildman–Crippen LogP) is 2.62. The lowest BCUT2D eigenvalue weighted by molar-refractivity contribution is 0.483. The van der Waals surface area contributed by atoms with Crippen molar-refractivity contribution in [3.8, 4) is 0 Å². The maximum absolute atomic E-state index is 12.6. The molecule has 0 fully saturated rings. The molecule has 0 aliphatic heterocycles.